The Labute approximate surface area is 79.2 Å². The summed E-state index contributed by atoms with van der Waals surface area (Å²) in [6.07, 6.45) is -15.7. The van der Waals surface area contributed by atoms with Crippen LogP contribution in [0.25, 0.3) is 0 Å². The van der Waals surface area contributed by atoms with Crippen LogP contribution in [-0.4, -0.2) is 24.3 Å². The monoisotopic (exact) mass is 245 g/mol. The summed E-state index contributed by atoms with van der Waals surface area (Å²) in [5, 5.41) is 0. The maximum Gasteiger partial charge on any atom is 0.402 e. The number of halogens is 8. The van der Waals surface area contributed by atoms with Crippen molar-refractivity contribution in [3.63, 3.8) is 0 Å². The van der Waals surface area contributed by atoms with Gasteiger partial charge in [0.1, 0.15) is 0 Å². The molecule has 15 heavy (non-hydrogen) atoms. The Balaban J connectivity index is 5.33. The number of rotatable bonds is 2. The molecule has 0 saturated carbocycles. The molecule has 0 bridgehead atoms. The Kier molecular flexibility index (Phi) is 3.61. The van der Waals surface area contributed by atoms with Gasteiger partial charge in [0.15, 0.2) is 5.92 Å². The van der Waals surface area contributed by atoms with E-state index in [-0.39, 0.29) is 6.92 Å². The fourth-order valence-corrected chi connectivity index (χ4v) is 1.02. The summed E-state index contributed by atoms with van der Waals surface area (Å²) in [7, 11) is 0. The smallest absolute Gasteiger partial charge is 0.320 e. The second-order valence-corrected chi connectivity index (χ2v) is 3.18. The minimum atomic E-state index is -5.86. The predicted octanol–water partition coefficient (Wildman–Crippen LogP) is 2.71. The highest BCUT2D eigenvalue weighted by molar-refractivity contribution is 4.97. The number of nitrogens with two attached hydrogens (primary N) is 1. The summed E-state index contributed by atoms with van der Waals surface area (Å²) in [6, 6.07) is 0. The highest BCUT2D eigenvalue weighted by Crippen LogP contribution is 2.46. The van der Waals surface area contributed by atoms with Crippen molar-refractivity contribution < 1.29 is 35.1 Å². The van der Waals surface area contributed by atoms with Crippen molar-refractivity contribution in [2.45, 2.75) is 31.2 Å². The maximum absolute atomic E-state index is 12.0. The van der Waals surface area contributed by atoms with Gasteiger partial charge in [-0.1, -0.05) is 0 Å². The molecule has 0 heterocycles. The first-order valence-electron chi connectivity index (χ1n) is 3.51. The van der Waals surface area contributed by atoms with Crippen LogP contribution in [0.2, 0.25) is 0 Å². The van der Waals surface area contributed by atoms with E-state index in [0.717, 1.165) is 0 Å². The Bertz CT molecular complexity index is 200. The molecule has 0 aliphatic rings. The van der Waals surface area contributed by atoms with E-state index in [9.17, 15) is 35.1 Å². The summed E-state index contributed by atoms with van der Waals surface area (Å²) in [4.78, 5) is 0. The van der Waals surface area contributed by atoms with Crippen LogP contribution in [0.4, 0.5) is 35.1 Å². The zero-order valence-electron chi connectivity index (χ0n) is 7.26. The molecule has 0 aromatic rings. The van der Waals surface area contributed by atoms with E-state index in [2.05, 4.69) is 5.73 Å². The first-order valence-corrected chi connectivity index (χ1v) is 3.51. The van der Waals surface area contributed by atoms with Crippen LogP contribution in [-0.2, 0) is 0 Å². The number of alkyl halides is 8. The van der Waals surface area contributed by atoms with Gasteiger partial charge in [0, 0.05) is 0 Å². The summed E-state index contributed by atoms with van der Waals surface area (Å²) in [5.74, 6) is -4.25. The zero-order chi connectivity index (χ0) is 12.7. The normalized spacial score (nSPS) is 18.4. The summed E-state index contributed by atoms with van der Waals surface area (Å²) in [5.41, 5.74) is 0.688. The van der Waals surface area contributed by atoms with Crippen molar-refractivity contribution in [2.75, 3.05) is 0 Å². The molecule has 1 unspecified atom stereocenters. The maximum atomic E-state index is 12.0. The van der Waals surface area contributed by atoms with Gasteiger partial charge in [-0.25, -0.2) is 8.78 Å². The van der Waals surface area contributed by atoms with E-state index in [1.807, 2.05) is 0 Å². The van der Waals surface area contributed by atoms with Gasteiger partial charge in [-0.15, -0.1) is 0 Å². The molecule has 0 amide bonds. The molecular formula is C6H7F8N. The van der Waals surface area contributed by atoms with Crippen molar-refractivity contribution >= 4 is 0 Å². The van der Waals surface area contributed by atoms with Crippen molar-refractivity contribution in [3.8, 4) is 0 Å². The quantitative estimate of drug-likeness (QED) is 0.743. The first-order chi connectivity index (χ1) is 6.31. The van der Waals surface area contributed by atoms with E-state index in [4.69, 9.17) is 0 Å². The minimum Gasteiger partial charge on any atom is -0.320 e. The largest absolute Gasteiger partial charge is 0.402 e. The Morgan fingerprint density at radius 2 is 1.13 bits per heavy atom. The van der Waals surface area contributed by atoms with E-state index in [1.165, 1.54) is 0 Å². The van der Waals surface area contributed by atoms with Gasteiger partial charge in [-0.3, -0.25) is 0 Å². The molecule has 1 nitrogen and oxygen atoms in total. The highest BCUT2D eigenvalue weighted by atomic mass is 19.4. The van der Waals surface area contributed by atoms with Gasteiger partial charge >= 0.3 is 12.4 Å². The lowest BCUT2D eigenvalue weighted by molar-refractivity contribution is -0.309. The molecule has 1 atom stereocenters. The van der Waals surface area contributed by atoms with Crippen LogP contribution in [0.5, 0.6) is 0 Å². The molecule has 0 aliphatic carbocycles. The summed E-state index contributed by atoms with van der Waals surface area (Å²) in [6.45, 7) is 0.0172. The third kappa shape index (κ3) is 3.18. The summed E-state index contributed by atoms with van der Waals surface area (Å²) >= 11 is 0. The molecule has 0 radical (unpaired) electrons. The fourth-order valence-electron chi connectivity index (χ4n) is 1.02. The lowest BCUT2D eigenvalue weighted by Gasteiger charge is -2.35. The van der Waals surface area contributed by atoms with Gasteiger partial charge in [-0.2, -0.15) is 26.3 Å². The van der Waals surface area contributed by atoms with E-state index in [1.54, 1.807) is 0 Å². The molecule has 0 spiro atoms. The third-order valence-corrected chi connectivity index (χ3v) is 1.75. The standard InChI is InChI=1S/C6H7F8N/c1-4(15,3(7)8)2(5(9,10)11)6(12,13)14/h2-3H,15H2,1H3. The molecule has 0 fully saturated rings. The lowest BCUT2D eigenvalue weighted by Crippen LogP contribution is -2.61. The van der Waals surface area contributed by atoms with Crippen molar-refractivity contribution in [1.29, 1.82) is 0 Å². The lowest BCUT2D eigenvalue weighted by atomic mass is 9.85. The average molecular weight is 245 g/mol. The first kappa shape index (κ1) is 14.4. The minimum absolute atomic E-state index is 0.0172. The molecule has 0 rings (SSSR count). The molecule has 9 heteroatoms. The highest BCUT2D eigenvalue weighted by Gasteiger charge is 2.66. The molecule has 0 saturated heterocycles. The number of hydrogen-bond donors (Lipinski definition) is 1. The molecule has 0 aliphatic heterocycles. The van der Waals surface area contributed by atoms with Crippen LogP contribution >= 0.6 is 0 Å². The van der Waals surface area contributed by atoms with Crippen molar-refractivity contribution in [2.24, 2.45) is 11.7 Å². The van der Waals surface area contributed by atoms with E-state index >= 15 is 0 Å². The Morgan fingerprint density at radius 1 is 0.867 bits per heavy atom. The van der Waals surface area contributed by atoms with E-state index < -0.39 is 30.2 Å². The average Bonchev–Trinajstić information content (AvgIpc) is 1.76. The zero-order valence-corrected chi connectivity index (χ0v) is 7.26. The SMILES string of the molecule is CC(N)(C(F)F)C(C(F)(F)F)C(F)(F)F. The van der Waals surface area contributed by atoms with Crippen molar-refractivity contribution in [1.82, 2.24) is 0 Å². The Hall–Kier alpha value is -0.600. The van der Waals surface area contributed by atoms with Crippen LogP contribution in [0, 0.1) is 5.92 Å². The number of hydrogen-bond acceptors (Lipinski definition) is 1. The molecule has 0 aromatic carbocycles. The van der Waals surface area contributed by atoms with Crippen LogP contribution in [0.15, 0.2) is 0 Å². The van der Waals surface area contributed by atoms with Gasteiger partial charge in [0.05, 0.1) is 5.54 Å². The van der Waals surface area contributed by atoms with Gasteiger partial charge < -0.3 is 5.73 Å². The van der Waals surface area contributed by atoms with Crippen molar-refractivity contribution in [3.05, 3.63) is 0 Å². The molecule has 0 aromatic heterocycles. The van der Waals surface area contributed by atoms with Crippen LogP contribution in [0.1, 0.15) is 6.92 Å². The molecule has 92 valence electrons. The third-order valence-electron chi connectivity index (χ3n) is 1.75. The van der Waals surface area contributed by atoms with Gasteiger partial charge in [0.2, 0.25) is 0 Å². The summed E-state index contributed by atoms with van der Waals surface area (Å²) < 4.78 is 95.6. The molecular weight excluding hydrogens is 238 g/mol. The second kappa shape index (κ2) is 3.76. The molecule has 2 N–H and O–H groups in total. The van der Waals surface area contributed by atoms with Gasteiger partial charge in [-0.05, 0) is 6.92 Å². The second-order valence-electron chi connectivity index (χ2n) is 3.18. The van der Waals surface area contributed by atoms with Gasteiger partial charge in [0.25, 0.3) is 6.43 Å². The fraction of sp³-hybridized carbons (Fsp3) is 1.00. The Morgan fingerprint density at radius 3 is 1.20 bits per heavy atom. The van der Waals surface area contributed by atoms with Crippen LogP contribution < -0.4 is 5.73 Å². The van der Waals surface area contributed by atoms with Crippen LogP contribution in [0.3, 0.4) is 0 Å². The topological polar surface area (TPSA) is 26.0 Å². The predicted molar refractivity (Wildman–Crippen MR) is 34.2 cm³/mol. The van der Waals surface area contributed by atoms with E-state index in [0.29, 0.717) is 0 Å².